The van der Waals surface area contributed by atoms with Crippen molar-refractivity contribution >= 4 is 28.1 Å². The van der Waals surface area contributed by atoms with Gasteiger partial charge in [0, 0.05) is 51.1 Å². The predicted molar refractivity (Wildman–Crippen MR) is 112 cm³/mol. The van der Waals surface area contributed by atoms with Gasteiger partial charge in [0.15, 0.2) is 0 Å². The molecule has 1 saturated heterocycles. The van der Waals surface area contributed by atoms with E-state index in [4.69, 9.17) is 9.47 Å². The van der Waals surface area contributed by atoms with Crippen LogP contribution in [0.1, 0.15) is 41.5 Å². The van der Waals surface area contributed by atoms with Crippen LogP contribution in [0.4, 0.5) is 9.59 Å². The number of hydrogen-bond acceptors (Lipinski definition) is 6. The molecule has 1 heterocycles. The molecular formula is C19H36BrN3O5. The van der Waals surface area contributed by atoms with E-state index in [1.165, 1.54) is 0 Å². The summed E-state index contributed by atoms with van der Waals surface area (Å²) in [6, 6.07) is 0. The summed E-state index contributed by atoms with van der Waals surface area (Å²) in [6.07, 6.45) is -1.33. The Kier molecular flexibility index (Phi) is 9.49. The van der Waals surface area contributed by atoms with Gasteiger partial charge in [0.05, 0.1) is 6.10 Å². The van der Waals surface area contributed by atoms with Gasteiger partial charge in [0.1, 0.15) is 11.2 Å². The second-order valence-corrected chi connectivity index (χ2v) is 9.69. The summed E-state index contributed by atoms with van der Waals surface area (Å²) in [5, 5.41) is 10.5. The van der Waals surface area contributed by atoms with Gasteiger partial charge in [0.25, 0.3) is 0 Å². The molecule has 0 spiro atoms. The van der Waals surface area contributed by atoms with Gasteiger partial charge in [-0.15, -0.1) is 0 Å². The minimum absolute atomic E-state index is 0.364. The van der Waals surface area contributed by atoms with Gasteiger partial charge >= 0.3 is 12.2 Å². The van der Waals surface area contributed by atoms with Crippen LogP contribution in [0.5, 0.6) is 0 Å². The van der Waals surface area contributed by atoms with E-state index in [-0.39, 0.29) is 0 Å². The van der Waals surface area contributed by atoms with Crippen molar-refractivity contribution in [2.24, 2.45) is 0 Å². The fraction of sp³-hybridized carbons (Fsp3) is 0.895. The largest absolute Gasteiger partial charge is 0.444 e. The number of rotatable bonds is 3. The molecule has 1 N–H and O–H groups in total. The summed E-state index contributed by atoms with van der Waals surface area (Å²) >= 11 is 3.28. The molecule has 8 nitrogen and oxygen atoms in total. The van der Waals surface area contributed by atoms with Gasteiger partial charge in [0.2, 0.25) is 0 Å². The Labute approximate surface area is 177 Å². The zero-order valence-corrected chi connectivity index (χ0v) is 19.6. The van der Waals surface area contributed by atoms with Crippen molar-refractivity contribution in [3.05, 3.63) is 0 Å². The van der Waals surface area contributed by atoms with Crippen LogP contribution in [0.3, 0.4) is 0 Å². The Morgan fingerprint density at radius 1 is 0.857 bits per heavy atom. The Hall–Kier alpha value is -1.06. The predicted octanol–water partition coefficient (Wildman–Crippen LogP) is 2.53. The topological polar surface area (TPSA) is 82.6 Å². The molecule has 164 valence electrons. The molecule has 0 radical (unpaired) electrons. The lowest BCUT2D eigenvalue weighted by Crippen LogP contribution is -2.44. The summed E-state index contributed by atoms with van der Waals surface area (Å²) in [4.78, 5) is 30.4. The van der Waals surface area contributed by atoms with Crippen molar-refractivity contribution in [2.45, 2.75) is 58.8 Å². The van der Waals surface area contributed by atoms with Crippen LogP contribution < -0.4 is 0 Å². The second-order valence-electron chi connectivity index (χ2n) is 9.04. The number of aliphatic hydroxyl groups is 1. The molecule has 0 bridgehead atoms. The number of nitrogens with zero attached hydrogens (tertiary/aromatic N) is 3. The van der Waals surface area contributed by atoms with Crippen LogP contribution in [0.2, 0.25) is 0 Å². The third-order valence-electron chi connectivity index (χ3n) is 3.96. The Morgan fingerprint density at radius 3 is 1.54 bits per heavy atom. The lowest BCUT2D eigenvalue weighted by Gasteiger charge is -2.30. The maximum absolute atomic E-state index is 12.6. The number of carbonyl (C=O) groups excluding carboxylic acids is 2. The van der Waals surface area contributed by atoms with Gasteiger partial charge in [-0.3, -0.25) is 4.90 Å². The van der Waals surface area contributed by atoms with Crippen LogP contribution >= 0.6 is 15.9 Å². The molecule has 1 fully saturated rings. The number of carbonyl (C=O) groups is 2. The van der Waals surface area contributed by atoms with Gasteiger partial charge in [-0.2, -0.15) is 0 Å². The van der Waals surface area contributed by atoms with Crippen molar-refractivity contribution in [1.29, 1.82) is 0 Å². The first-order chi connectivity index (χ1) is 12.8. The summed E-state index contributed by atoms with van der Waals surface area (Å²) in [5.41, 5.74) is -1.18. The standard InChI is InChI=1S/C19H36BrN3O5/c1-18(2,3)27-16(25)22-9-7-21(14-15(24)13-20)8-10-23(12-11-22)17(26)28-19(4,5)6/h15,24H,7-14H2,1-6H3. The zero-order chi connectivity index (χ0) is 21.5. The average Bonchev–Trinajstić information content (AvgIpc) is 2.62. The third kappa shape index (κ3) is 9.93. The highest BCUT2D eigenvalue weighted by Gasteiger charge is 2.28. The van der Waals surface area contributed by atoms with Crippen LogP contribution in [-0.2, 0) is 9.47 Å². The molecule has 1 unspecified atom stereocenters. The molecule has 1 rings (SSSR count). The molecular weight excluding hydrogens is 430 g/mol. The number of β-amino-alcohol motifs (C(OH)–C–C–N with tert-alkyl or cyclic N) is 1. The van der Waals surface area contributed by atoms with E-state index in [2.05, 4.69) is 15.9 Å². The van der Waals surface area contributed by atoms with E-state index in [0.29, 0.717) is 51.1 Å². The lowest BCUT2D eigenvalue weighted by atomic mass is 10.2. The molecule has 28 heavy (non-hydrogen) atoms. The average molecular weight is 466 g/mol. The molecule has 0 aromatic heterocycles. The molecule has 0 aromatic rings. The van der Waals surface area contributed by atoms with E-state index >= 15 is 0 Å². The Balaban J connectivity index is 2.91. The molecule has 1 atom stereocenters. The first-order valence-electron chi connectivity index (χ1n) is 9.73. The molecule has 0 saturated carbocycles. The van der Waals surface area contributed by atoms with E-state index in [9.17, 15) is 14.7 Å². The number of amides is 2. The van der Waals surface area contributed by atoms with Gasteiger partial charge in [-0.1, -0.05) is 15.9 Å². The van der Waals surface area contributed by atoms with E-state index < -0.39 is 29.5 Å². The number of alkyl halides is 1. The molecule has 2 amide bonds. The van der Waals surface area contributed by atoms with Crippen LogP contribution in [0, 0.1) is 0 Å². The molecule has 0 aliphatic carbocycles. The van der Waals surface area contributed by atoms with Crippen molar-refractivity contribution in [1.82, 2.24) is 14.7 Å². The minimum atomic E-state index is -0.591. The summed E-state index contributed by atoms with van der Waals surface area (Å²) in [7, 11) is 0. The second kappa shape index (κ2) is 10.6. The SMILES string of the molecule is CC(C)(C)OC(=O)N1CCN(CC(O)CBr)CCN(C(=O)OC(C)(C)C)CC1. The number of aliphatic hydroxyl groups excluding tert-OH is 1. The normalized spacial score (nSPS) is 18.7. The number of ether oxygens (including phenoxy) is 2. The van der Waals surface area contributed by atoms with Crippen LogP contribution in [-0.4, -0.2) is 100 Å². The highest BCUT2D eigenvalue weighted by Crippen LogP contribution is 2.13. The first-order valence-corrected chi connectivity index (χ1v) is 10.8. The Bertz CT molecular complexity index is 479. The minimum Gasteiger partial charge on any atom is -0.444 e. The Morgan fingerprint density at radius 2 is 1.21 bits per heavy atom. The maximum atomic E-state index is 12.6. The zero-order valence-electron chi connectivity index (χ0n) is 18.0. The molecule has 1 aliphatic heterocycles. The van der Waals surface area contributed by atoms with Gasteiger partial charge in [-0.25, -0.2) is 9.59 Å². The lowest BCUT2D eigenvalue weighted by molar-refractivity contribution is 0.0154. The van der Waals surface area contributed by atoms with Gasteiger partial charge < -0.3 is 24.4 Å². The van der Waals surface area contributed by atoms with Crippen molar-refractivity contribution < 1.29 is 24.2 Å². The summed E-state index contributed by atoms with van der Waals surface area (Å²) < 4.78 is 11.0. The highest BCUT2D eigenvalue weighted by molar-refractivity contribution is 9.09. The third-order valence-corrected chi connectivity index (χ3v) is 4.71. The van der Waals surface area contributed by atoms with Crippen LogP contribution in [0.15, 0.2) is 0 Å². The van der Waals surface area contributed by atoms with E-state index in [1.54, 1.807) is 9.80 Å². The highest BCUT2D eigenvalue weighted by atomic mass is 79.9. The van der Waals surface area contributed by atoms with Crippen molar-refractivity contribution in [3.8, 4) is 0 Å². The number of hydrogen-bond donors (Lipinski definition) is 1. The molecule has 0 aromatic carbocycles. The fourth-order valence-corrected chi connectivity index (χ4v) is 2.85. The molecule has 9 heteroatoms. The summed E-state index contributed by atoms with van der Waals surface area (Å²) in [6.45, 7) is 14.2. The molecule has 1 aliphatic rings. The smallest absolute Gasteiger partial charge is 0.410 e. The number of halogens is 1. The fourth-order valence-electron chi connectivity index (χ4n) is 2.65. The summed E-state index contributed by atoms with van der Waals surface area (Å²) in [5.74, 6) is 0. The van der Waals surface area contributed by atoms with E-state index in [1.807, 2.05) is 46.4 Å². The first kappa shape index (κ1) is 25.0. The van der Waals surface area contributed by atoms with Crippen molar-refractivity contribution in [2.75, 3.05) is 51.1 Å². The van der Waals surface area contributed by atoms with Gasteiger partial charge in [-0.05, 0) is 41.5 Å². The monoisotopic (exact) mass is 465 g/mol. The quantitative estimate of drug-likeness (QED) is 0.644. The van der Waals surface area contributed by atoms with Crippen molar-refractivity contribution in [3.63, 3.8) is 0 Å². The van der Waals surface area contributed by atoms with Crippen LogP contribution in [0.25, 0.3) is 0 Å². The maximum Gasteiger partial charge on any atom is 0.410 e. The van der Waals surface area contributed by atoms with E-state index in [0.717, 1.165) is 0 Å².